The third kappa shape index (κ3) is 5.97. The highest BCUT2D eigenvalue weighted by Crippen LogP contribution is 2.67. The maximum absolute atomic E-state index is 6.06. The summed E-state index contributed by atoms with van der Waals surface area (Å²) in [5, 5.41) is 4.99. The van der Waals surface area contributed by atoms with Crippen molar-refractivity contribution in [2.75, 3.05) is 14.2 Å². The number of allylic oxidation sites excluding steroid dienone is 1. The van der Waals surface area contributed by atoms with Gasteiger partial charge in [0.05, 0.1) is 19.8 Å². The van der Waals surface area contributed by atoms with Crippen LogP contribution >= 0.6 is 7.26 Å². The van der Waals surface area contributed by atoms with E-state index in [1.165, 1.54) is 21.5 Å². The lowest BCUT2D eigenvalue weighted by molar-refractivity contribution is 0.413. The first-order chi connectivity index (χ1) is 20.7. The second-order valence-corrected chi connectivity index (χ2v) is 13.5. The van der Waals surface area contributed by atoms with Crippen molar-refractivity contribution < 1.29 is 9.47 Å². The van der Waals surface area contributed by atoms with Gasteiger partial charge in [-0.2, -0.15) is 0 Å². The number of rotatable bonds is 11. The van der Waals surface area contributed by atoms with Gasteiger partial charge in [0.1, 0.15) is 27.4 Å². The maximum atomic E-state index is 6.06. The Morgan fingerprint density at radius 3 is 1.57 bits per heavy atom. The zero-order valence-corrected chi connectivity index (χ0v) is 25.6. The molecule has 0 heterocycles. The van der Waals surface area contributed by atoms with Crippen molar-refractivity contribution >= 4 is 34.1 Å². The molecule has 0 spiro atoms. The van der Waals surface area contributed by atoms with E-state index in [1.807, 2.05) is 18.2 Å². The van der Waals surface area contributed by atoms with Crippen LogP contribution in [0.4, 0.5) is 0 Å². The molecule has 42 heavy (non-hydrogen) atoms. The van der Waals surface area contributed by atoms with Crippen LogP contribution in [0.25, 0.3) is 10.9 Å². The Balaban J connectivity index is 2.01. The number of ether oxygens (including phenoxy) is 2. The van der Waals surface area contributed by atoms with Gasteiger partial charge in [-0.05, 0) is 79.1 Å². The van der Waals surface area contributed by atoms with Gasteiger partial charge < -0.3 is 9.47 Å². The molecule has 210 valence electrons. The van der Waals surface area contributed by atoms with Crippen LogP contribution in [0.15, 0.2) is 145 Å². The lowest BCUT2D eigenvalue weighted by atomic mass is 10.0. The van der Waals surface area contributed by atoms with E-state index in [0.717, 1.165) is 47.2 Å². The van der Waals surface area contributed by atoms with E-state index in [9.17, 15) is 0 Å². The van der Waals surface area contributed by atoms with Crippen LogP contribution in [0, 0.1) is 0 Å². The minimum absolute atomic E-state index is 0.844. The van der Waals surface area contributed by atoms with Crippen molar-refractivity contribution in [3.8, 4) is 11.5 Å². The van der Waals surface area contributed by atoms with Crippen molar-refractivity contribution in [3.05, 3.63) is 156 Å². The van der Waals surface area contributed by atoms with E-state index in [2.05, 4.69) is 134 Å². The van der Waals surface area contributed by atoms with Crippen molar-refractivity contribution in [2.45, 2.75) is 26.2 Å². The van der Waals surface area contributed by atoms with Crippen molar-refractivity contribution in [2.24, 2.45) is 0 Å². The number of unbranched alkanes of at least 4 members (excludes halogenated alkanes) is 1. The topological polar surface area (TPSA) is 18.5 Å². The lowest BCUT2D eigenvalue weighted by Gasteiger charge is -2.29. The molecule has 0 atom stereocenters. The van der Waals surface area contributed by atoms with Crippen LogP contribution in [0.3, 0.4) is 0 Å². The van der Waals surface area contributed by atoms with Gasteiger partial charge in [-0.15, -0.1) is 0 Å². The predicted molar refractivity (Wildman–Crippen MR) is 181 cm³/mol. The molecule has 2 nitrogen and oxygen atoms in total. The van der Waals surface area contributed by atoms with Gasteiger partial charge in [-0.3, -0.25) is 0 Å². The Morgan fingerprint density at radius 1 is 0.595 bits per heavy atom. The highest BCUT2D eigenvalue weighted by atomic mass is 31.2. The van der Waals surface area contributed by atoms with E-state index in [-0.39, 0.29) is 0 Å². The third-order valence-electron chi connectivity index (χ3n) is 7.62. The van der Waals surface area contributed by atoms with Crippen molar-refractivity contribution in [1.82, 2.24) is 0 Å². The second-order valence-electron chi connectivity index (χ2n) is 10.2. The van der Waals surface area contributed by atoms with Crippen LogP contribution in [0.1, 0.15) is 37.3 Å². The number of hydrogen-bond donors (Lipinski definition) is 0. The Morgan fingerprint density at radius 2 is 1.10 bits per heavy atom. The average molecular weight is 570 g/mol. The molecule has 5 aromatic rings. The largest absolute Gasteiger partial charge is 0.497 e. The molecule has 0 aromatic heterocycles. The normalized spacial score (nSPS) is 10.9. The molecule has 0 amide bonds. The summed E-state index contributed by atoms with van der Waals surface area (Å²) in [6, 6.07) is 49.7. The molecule has 0 aliphatic carbocycles. The summed E-state index contributed by atoms with van der Waals surface area (Å²) in [5.74, 6) is 1.69. The Bertz CT molecular complexity index is 1540. The number of methoxy groups -OCH3 is 2. The molecule has 3 heteroatoms. The van der Waals surface area contributed by atoms with E-state index in [0.29, 0.717) is 0 Å². The minimum Gasteiger partial charge on any atom is -0.497 e. The molecule has 5 aromatic carbocycles. The Kier molecular flexibility index (Phi) is 9.73. The zero-order chi connectivity index (χ0) is 29.2. The predicted octanol–water partition coefficient (Wildman–Crippen LogP) is 8.91. The molecule has 0 saturated heterocycles. The summed E-state index contributed by atoms with van der Waals surface area (Å²) >= 11 is 0. The molecule has 0 aliphatic heterocycles. The van der Waals surface area contributed by atoms with Gasteiger partial charge in [-0.25, -0.2) is 0 Å². The molecule has 0 unspecified atom stereocenters. The molecule has 0 saturated carbocycles. The molecule has 5 rings (SSSR count). The lowest BCUT2D eigenvalue weighted by Crippen LogP contribution is -2.32. The molecule has 0 fully saturated rings. The fourth-order valence-corrected chi connectivity index (χ4v) is 9.90. The molecule has 0 aliphatic rings. The third-order valence-corrected chi connectivity index (χ3v) is 11.9. The summed E-state index contributed by atoms with van der Waals surface area (Å²) < 4.78 is 11.6. The Labute approximate surface area is 251 Å². The first-order valence-electron chi connectivity index (χ1n) is 14.6. The number of hydrogen-bond acceptors (Lipinski definition) is 2. The van der Waals surface area contributed by atoms with Crippen LogP contribution in [0.5, 0.6) is 11.5 Å². The van der Waals surface area contributed by atoms with E-state index >= 15 is 0 Å². The summed E-state index contributed by atoms with van der Waals surface area (Å²) in [6.07, 6.45) is 3.09. The van der Waals surface area contributed by atoms with E-state index in [4.69, 9.17) is 9.47 Å². The van der Waals surface area contributed by atoms with Crippen molar-refractivity contribution in [3.63, 3.8) is 0 Å². The zero-order valence-electron chi connectivity index (χ0n) is 24.7. The summed E-state index contributed by atoms with van der Waals surface area (Å²) in [5.41, 5.74) is 7.54. The van der Waals surface area contributed by atoms with Crippen molar-refractivity contribution in [1.29, 1.82) is 0 Å². The SMILES string of the molecule is CCCCC(=C=C(c1ccccc1OC)[P+](c1ccccc1)(c1ccccc1)c1ccccc1)c1ccc(OC)cc1. The average Bonchev–Trinajstić information content (AvgIpc) is 3.07. The van der Waals surface area contributed by atoms with Gasteiger partial charge in [0.2, 0.25) is 0 Å². The summed E-state index contributed by atoms with van der Waals surface area (Å²) in [6.45, 7) is 2.24. The number of para-hydroxylation sites is 1. The first kappa shape index (κ1) is 29.2. The monoisotopic (exact) mass is 569 g/mol. The van der Waals surface area contributed by atoms with Crippen LogP contribution < -0.4 is 25.4 Å². The summed E-state index contributed by atoms with van der Waals surface area (Å²) in [4.78, 5) is 0. The molecule has 0 bridgehead atoms. The number of benzene rings is 5. The van der Waals surface area contributed by atoms with Gasteiger partial charge in [0.25, 0.3) is 0 Å². The maximum Gasteiger partial charge on any atom is 0.162 e. The molecular weight excluding hydrogens is 531 g/mol. The van der Waals surface area contributed by atoms with E-state index in [1.54, 1.807) is 14.2 Å². The van der Waals surface area contributed by atoms with Crippen LogP contribution in [-0.4, -0.2) is 14.2 Å². The van der Waals surface area contributed by atoms with Gasteiger partial charge >= 0.3 is 0 Å². The van der Waals surface area contributed by atoms with Crippen LogP contribution in [0.2, 0.25) is 0 Å². The quantitative estimate of drug-likeness (QED) is 0.117. The second kappa shape index (κ2) is 14.0. The van der Waals surface area contributed by atoms with Gasteiger partial charge in [0, 0.05) is 5.57 Å². The Hall–Kier alpha value is -4.35. The molecule has 0 N–H and O–H groups in total. The van der Waals surface area contributed by atoms with Gasteiger partial charge in [-0.1, -0.05) is 97.9 Å². The first-order valence-corrected chi connectivity index (χ1v) is 16.3. The fraction of sp³-hybridized carbons (Fsp3) is 0.154. The standard InChI is InChI=1S/C39H38O2P/c1-4-5-17-32(31-26-28-33(40-2)29-27-31)30-39(37-24-15-16-25-38(37)41-3)42(34-18-9-6-10-19-34,35-20-11-7-12-21-35)36-22-13-8-14-23-36/h6-16,18-29H,4-5,17H2,1-3H3/q+1. The smallest absolute Gasteiger partial charge is 0.162 e. The minimum atomic E-state index is -2.47. The van der Waals surface area contributed by atoms with Gasteiger partial charge in [0.15, 0.2) is 12.6 Å². The van der Waals surface area contributed by atoms with E-state index < -0.39 is 7.26 Å². The molecule has 0 radical (unpaired) electrons. The molecular formula is C39H38O2P+. The summed E-state index contributed by atoms with van der Waals surface area (Å²) in [7, 11) is 1.00. The van der Waals surface area contributed by atoms with Crippen LogP contribution in [-0.2, 0) is 0 Å². The highest BCUT2D eigenvalue weighted by molar-refractivity contribution is 8.03. The fourth-order valence-electron chi connectivity index (χ4n) is 5.53. The highest BCUT2D eigenvalue weighted by Gasteiger charge is 2.51.